The van der Waals surface area contributed by atoms with Crippen molar-refractivity contribution in [2.45, 2.75) is 0 Å². The zero-order valence-electron chi connectivity index (χ0n) is 9.41. The van der Waals surface area contributed by atoms with Crippen molar-refractivity contribution < 1.29 is 4.74 Å². The van der Waals surface area contributed by atoms with Crippen molar-refractivity contribution in [1.29, 1.82) is 0 Å². The average Bonchev–Trinajstić information content (AvgIpc) is 2.84. The SMILES string of the molecule is COc1cccc(-n2ncc3c(Cl)ncnc32)n1. The first kappa shape index (κ1) is 10.9. The normalized spacial score (nSPS) is 10.8. The van der Waals surface area contributed by atoms with Gasteiger partial charge in [0.25, 0.3) is 0 Å². The van der Waals surface area contributed by atoms with Crippen molar-refractivity contribution in [3.05, 3.63) is 35.9 Å². The maximum atomic E-state index is 5.97. The summed E-state index contributed by atoms with van der Waals surface area (Å²) in [6, 6.07) is 5.40. The number of halogens is 1. The maximum Gasteiger partial charge on any atom is 0.214 e. The molecule has 0 unspecified atom stereocenters. The van der Waals surface area contributed by atoms with E-state index in [0.29, 0.717) is 27.9 Å². The number of nitrogens with zero attached hydrogens (tertiary/aromatic N) is 5. The lowest BCUT2D eigenvalue weighted by atomic mass is 10.4. The van der Waals surface area contributed by atoms with Gasteiger partial charge in [-0.2, -0.15) is 14.8 Å². The van der Waals surface area contributed by atoms with Crippen LogP contribution in [-0.2, 0) is 0 Å². The summed E-state index contributed by atoms with van der Waals surface area (Å²) in [6.07, 6.45) is 3.00. The molecule has 6 nitrogen and oxygen atoms in total. The van der Waals surface area contributed by atoms with E-state index in [0.717, 1.165) is 0 Å². The van der Waals surface area contributed by atoms with Crippen LogP contribution in [0.25, 0.3) is 16.9 Å². The highest BCUT2D eigenvalue weighted by Gasteiger charge is 2.10. The van der Waals surface area contributed by atoms with Gasteiger partial charge < -0.3 is 4.74 Å². The number of fused-ring (bicyclic) bond motifs is 1. The van der Waals surface area contributed by atoms with Crippen LogP contribution >= 0.6 is 11.6 Å². The second-order valence-electron chi connectivity index (χ2n) is 3.50. The van der Waals surface area contributed by atoms with E-state index in [4.69, 9.17) is 16.3 Å². The second-order valence-corrected chi connectivity index (χ2v) is 3.85. The molecular weight excluding hydrogens is 254 g/mol. The topological polar surface area (TPSA) is 65.7 Å². The first-order valence-corrected chi connectivity index (χ1v) is 5.53. The fourth-order valence-electron chi connectivity index (χ4n) is 1.62. The average molecular weight is 262 g/mol. The van der Waals surface area contributed by atoms with E-state index in [1.54, 1.807) is 24.1 Å². The number of hydrogen-bond acceptors (Lipinski definition) is 5. The first-order chi connectivity index (χ1) is 8.79. The lowest BCUT2D eigenvalue weighted by molar-refractivity contribution is 0.397. The summed E-state index contributed by atoms with van der Waals surface area (Å²) in [6.45, 7) is 0. The van der Waals surface area contributed by atoms with Crippen LogP contribution in [0, 0.1) is 0 Å². The van der Waals surface area contributed by atoms with E-state index in [1.165, 1.54) is 6.33 Å². The van der Waals surface area contributed by atoms with Gasteiger partial charge in [-0.3, -0.25) is 0 Å². The van der Waals surface area contributed by atoms with E-state index in [9.17, 15) is 0 Å². The second kappa shape index (κ2) is 4.23. The molecule has 0 aromatic carbocycles. The molecule has 0 aliphatic carbocycles. The van der Waals surface area contributed by atoms with Crippen LogP contribution in [0.2, 0.25) is 5.15 Å². The van der Waals surface area contributed by atoms with Crippen molar-refractivity contribution >= 4 is 22.6 Å². The van der Waals surface area contributed by atoms with E-state index in [-0.39, 0.29) is 0 Å². The van der Waals surface area contributed by atoms with Crippen LogP contribution in [0.3, 0.4) is 0 Å². The predicted octanol–water partition coefficient (Wildman–Crippen LogP) is 1.87. The van der Waals surface area contributed by atoms with E-state index in [2.05, 4.69) is 20.1 Å². The molecule has 90 valence electrons. The summed E-state index contributed by atoms with van der Waals surface area (Å²) in [5.74, 6) is 1.12. The molecule has 0 N–H and O–H groups in total. The maximum absolute atomic E-state index is 5.97. The lowest BCUT2D eigenvalue weighted by Crippen LogP contribution is -2.01. The molecule has 0 aliphatic rings. The van der Waals surface area contributed by atoms with Crippen molar-refractivity contribution in [2.24, 2.45) is 0 Å². The number of rotatable bonds is 2. The van der Waals surface area contributed by atoms with Crippen molar-refractivity contribution in [3.8, 4) is 11.7 Å². The highest BCUT2D eigenvalue weighted by Crippen LogP contribution is 2.21. The number of ether oxygens (including phenoxy) is 1. The quantitative estimate of drug-likeness (QED) is 0.659. The molecule has 0 saturated carbocycles. The summed E-state index contributed by atoms with van der Waals surface area (Å²) in [5.41, 5.74) is 0.607. The molecule has 0 aliphatic heterocycles. The Morgan fingerprint density at radius 2 is 2.17 bits per heavy atom. The van der Waals surface area contributed by atoms with E-state index < -0.39 is 0 Å². The largest absolute Gasteiger partial charge is 0.481 e. The highest BCUT2D eigenvalue weighted by atomic mass is 35.5. The van der Waals surface area contributed by atoms with Gasteiger partial charge in [0, 0.05) is 6.07 Å². The van der Waals surface area contributed by atoms with Crippen LogP contribution in [0.4, 0.5) is 0 Å². The summed E-state index contributed by atoms with van der Waals surface area (Å²) in [5, 5.41) is 5.27. The molecule has 0 amide bonds. The van der Waals surface area contributed by atoms with Gasteiger partial charge in [0.1, 0.15) is 11.5 Å². The molecule has 18 heavy (non-hydrogen) atoms. The smallest absolute Gasteiger partial charge is 0.214 e. The Kier molecular flexibility index (Phi) is 2.56. The zero-order chi connectivity index (χ0) is 12.5. The number of aromatic nitrogens is 5. The first-order valence-electron chi connectivity index (χ1n) is 5.15. The molecule has 3 heterocycles. The fraction of sp³-hybridized carbons (Fsp3) is 0.0909. The molecule has 3 aromatic rings. The molecule has 0 bridgehead atoms. The molecule has 0 atom stereocenters. The van der Waals surface area contributed by atoms with Gasteiger partial charge in [0.05, 0.1) is 18.7 Å². The van der Waals surface area contributed by atoms with Crippen LogP contribution in [0.5, 0.6) is 5.88 Å². The summed E-state index contributed by atoms with van der Waals surface area (Å²) in [7, 11) is 1.56. The highest BCUT2D eigenvalue weighted by molar-refractivity contribution is 6.33. The van der Waals surface area contributed by atoms with E-state index >= 15 is 0 Å². The Labute approximate surface area is 107 Å². The summed E-state index contributed by atoms with van der Waals surface area (Å²) in [4.78, 5) is 12.4. The predicted molar refractivity (Wildman–Crippen MR) is 66.0 cm³/mol. The Hall–Kier alpha value is -2.21. The molecule has 0 spiro atoms. The van der Waals surface area contributed by atoms with Gasteiger partial charge in [-0.05, 0) is 6.07 Å². The summed E-state index contributed by atoms with van der Waals surface area (Å²) < 4.78 is 6.67. The van der Waals surface area contributed by atoms with Gasteiger partial charge in [-0.1, -0.05) is 17.7 Å². The van der Waals surface area contributed by atoms with Gasteiger partial charge in [-0.15, -0.1) is 0 Å². The standard InChI is InChI=1S/C11H8ClN5O/c1-18-9-4-2-3-8(16-9)17-11-7(5-15-17)10(12)13-6-14-11/h2-6H,1H3. The molecule has 0 fully saturated rings. The fourth-order valence-corrected chi connectivity index (χ4v) is 1.80. The van der Waals surface area contributed by atoms with Gasteiger partial charge in [-0.25, -0.2) is 9.97 Å². The third kappa shape index (κ3) is 1.67. The lowest BCUT2D eigenvalue weighted by Gasteiger charge is -2.03. The minimum absolute atomic E-state index is 0.370. The monoisotopic (exact) mass is 261 g/mol. The Morgan fingerprint density at radius 3 is 3.00 bits per heavy atom. The Morgan fingerprint density at radius 1 is 1.28 bits per heavy atom. The Bertz CT molecular complexity index is 711. The van der Waals surface area contributed by atoms with Gasteiger partial charge >= 0.3 is 0 Å². The molecule has 0 radical (unpaired) electrons. The minimum atomic E-state index is 0.370. The van der Waals surface area contributed by atoms with Crippen molar-refractivity contribution in [2.75, 3.05) is 7.11 Å². The van der Waals surface area contributed by atoms with Crippen LogP contribution in [-0.4, -0.2) is 31.8 Å². The van der Waals surface area contributed by atoms with Crippen LogP contribution in [0.1, 0.15) is 0 Å². The third-order valence-electron chi connectivity index (χ3n) is 2.45. The molecule has 0 saturated heterocycles. The van der Waals surface area contributed by atoms with Crippen molar-refractivity contribution in [3.63, 3.8) is 0 Å². The molecular formula is C11H8ClN5O. The van der Waals surface area contributed by atoms with Gasteiger partial charge in [0.2, 0.25) is 5.88 Å². The minimum Gasteiger partial charge on any atom is -0.481 e. The number of methoxy groups -OCH3 is 1. The molecule has 3 rings (SSSR count). The number of pyridine rings is 1. The zero-order valence-corrected chi connectivity index (χ0v) is 10.2. The van der Waals surface area contributed by atoms with Crippen molar-refractivity contribution in [1.82, 2.24) is 24.7 Å². The Balaban J connectivity index is 2.22. The van der Waals surface area contributed by atoms with Gasteiger partial charge in [0.15, 0.2) is 11.5 Å². The molecule has 3 aromatic heterocycles. The molecule has 7 heteroatoms. The number of hydrogen-bond donors (Lipinski definition) is 0. The van der Waals surface area contributed by atoms with Crippen LogP contribution < -0.4 is 4.74 Å². The van der Waals surface area contributed by atoms with Crippen LogP contribution in [0.15, 0.2) is 30.7 Å². The third-order valence-corrected chi connectivity index (χ3v) is 2.75. The van der Waals surface area contributed by atoms with E-state index in [1.807, 2.05) is 12.1 Å². The summed E-state index contributed by atoms with van der Waals surface area (Å²) >= 11 is 5.97.